The summed E-state index contributed by atoms with van der Waals surface area (Å²) in [5.74, 6) is -0.414. The van der Waals surface area contributed by atoms with Crippen molar-refractivity contribution in [3.63, 3.8) is 0 Å². The van der Waals surface area contributed by atoms with Crippen LogP contribution in [0.4, 0.5) is 4.39 Å². The van der Waals surface area contributed by atoms with Gasteiger partial charge in [-0.15, -0.1) is 0 Å². The van der Waals surface area contributed by atoms with Crippen LogP contribution >= 0.6 is 11.6 Å². The van der Waals surface area contributed by atoms with Crippen molar-refractivity contribution in [2.45, 2.75) is 24.8 Å². The highest BCUT2D eigenvalue weighted by Gasteiger charge is 2.33. The van der Waals surface area contributed by atoms with E-state index < -0.39 is 0 Å². The zero-order chi connectivity index (χ0) is 14.8. The van der Waals surface area contributed by atoms with Gasteiger partial charge in [-0.05, 0) is 35.7 Å². The first-order valence-corrected chi connectivity index (χ1v) is 7.29. The molecule has 2 aromatic rings. The van der Waals surface area contributed by atoms with Gasteiger partial charge in [-0.2, -0.15) is 0 Å². The predicted molar refractivity (Wildman–Crippen MR) is 80.8 cm³/mol. The molecule has 4 heteroatoms. The molecule has 0 saturated carbocycles. The Labute approximate surface area is 127 Å². The summed E-state index contributed by atoms with van der Waals surface area (Å²) in [7, 11) is 0. The van der Waals surface area contributed by atoms with Gasteiger partial charge in [-0.3, -0.25) is 4.79 Å². The molecule has 1 N–H and O–H groups in total. The molecule has 1 heterocycles. The van der Waals surface area contributed by atoms with Gasteiger partial charge in [0.25, 0.3) is 0 Å². The number of benzene rings is 2. The Bertz CT molecular complexity index is 639. The maximum atomic E-state index is 13.5. The minimum atomic E-state index is -0.365. The third-order valence-electron chi connectivity index (χ3n) is 3.85. The van der Waals surface area contributed by atoms with Crippen molar-refractivity contribution in [1.82, 2.24) is 5.32 Å². The number of hydrogen-bond donors (Lipinski definition) is 1. The first-order valence-electron chi connectivity index (χ1n) is 6.91. The molecule has 3 rings (SSSR count). The van der Waals surface area contributed by atoms with Crippen molar-refractivity contribution in [2.24, 2.45) is 0 Å². The SMILES string of the molecule is O=C1CC(c2cc(F)cc(Cl)c2)C(Cc2ccccc2)N1. The Morgan fingerprint density at radius 3 is 2.67 bits per heavy atom. The Balaban J connectivity index is 1.87. The molecule has 0 aromatic heterocycles. The van der Waals surface area contributed by atoms with Crippen LogP contribution < -0.4 is 5.32 Å². The lowest BCUT2D eigenvalue weighted by Gasteiger charge is -2.19. The molecule has 0 spiro atoms. The van der Waals surface area contributed by atoms with E-state index >= 15 is 0 Å². The Morgan fingerprint density at radius 1 is 1.19 bits per heavy atom. The van der Waals surface area contributed by atoms with Crippen molar-refractivity contribution < 1.29 is 9.18 Å². The van der Waals surface area contributed by atoms with Gasteiger partial charge in [0, 0.05) is 23.4 Å². The standard InChI is InChI=1S/C17H15ClFNO/c18-13-7-12(8-14(19)9-13)15-10-17(21)20-16(15)6-11-4-2-1-3-5-11/h1-5,7-9,15-16H,6,10H2,(H,20,21). The van der Waals surface area contributed by atoms with Gasteiger partial charge in [-0.25, -0.2) is 4.39 Å². The summed E-state index contributed by atoms with van der Waals surface area (Å²) in [6.07, 6.45) is 1.10. The van der Waals surface area contributed by atoms with Crippen LogP contribution in [0.5, 0.6) is 0 Å². The van der Waals surface area contributed by atoms with Crippen LogP contribution in [0.1, 0.15) is 23.5 Å². The number of hydrogen-bond acceptors (Lipinski definition) is 1. The van der Waals surface area contributed by atoms with E-state index in [1.54, 1.807) is 6.07 Å². The van der Waals surface area contributed by atoms with Crippen LogP contribution in [0, 0.1) is 5.82 Å². The Kier molecular flexibility index (Phi) is 3.93. The van der Waals surface area contributed by atoms with E-state index in [4.69, 9.17) is 11.6 Å². The van der Waals surface area contributed by atoms with Crippen LogP contribution in [0.25, 0.3) is 0 Å². The van der Waals surface area contributed by atoms with Crippen molar-refractivity contribution in [3.05, 3.63) is 70.5 Å². The molecule has 2 atom stereocenters. The van der Waals surface area contributed by atoms with Gasteiger partial charge >= 0.3 is 0 Å². The molecule has 1 aliphatic rings. The lowest BCUT2D eigenvalue weighted by Crippen LogP contribution is -2.30. The summed E-state index contributed by atoms with van der Waals surface area (Å²) in [5, 5.41) is 3.35. The van der Waals surface area contributed by atoms with E-state index in [2.05, 4.69) is 5.32 Å². The number of carbonyl (C=O) groups excluding carboxylic acids is 1. The summed E-state index contributed by atoms with van der Waals surface area (Å²) < 4.78 is 13.5. The van der Waals surface area contributed by atoms with Crippen LogP contribution in [0.15, 0.2) is 48.5 Å². The Hall–Kier alpha value is -1.87. The highest BCUT2D eigenvalue weighted by molar-refractivity contribution is 6.30. The normalized spacial score (nSPS) is 21.3. The molecule has 2 aromatic carbocycles. The van der Waals surface area contributed by atoms with Crippen LogP contribution in [0.3, 0.4) is 0 Å². The topological polar surface area (TPSA) is 29.1 Å². The van der Waals surface area contributed by atoms with Crippen LogP contribution in [0.2, 0.25) is 5.02 Å². The first kappa shape index (κ1) is 14.1. The van der Waals surface area contributed by atoms with Gasteiger partial charge in [0.1, 0.15) is 5.82 Å². The van der Waals surface area contributed by atoms with Gasteiger partial charge in [-0.1, -0.05) is 41.9 Å². The molecule has 0 bridgehead atoms. The third-order valence-corrected chi connectivity index (χ3v) is 4.07. The zero-order valence-corrected chi connectivity index (χ0v) is 12.1. The molecular formula is C17H15ClFNO. The van der Waals surface area contributed by atoms with Gasteiger partial charge < -0.3 is 5.32 Å². The number of nitrogens with one attached hydrogen (secondary N) is 1. The molecule has 1 amide bonds. The molecule has 0 radical (unpaired) electrons. The van der Waals surface area contributed by atoms with E-state index in [0.717, 1.165) is 17.5 Å². The zero-order valence-electron chi connectivity index (χ0n) is 11.4. The van der Waals surface area contributed by atoms with E-state index in [9.17, 15) is 9.18 Å². The van der Waals surface area contributed by atoms with E-state index in [1.165, 1.54) is 12.1 Å². The molecular weight excluding hydrogens is 289 g/mol. The highest BCUT2D eigenvalue weighted by Crippen LogP contribution is 2.32. The second-order valence-corrected chi connectivity index (χ2v) is 5.81. The number of rotatable bonds is 3. The van der Waals surface area contributed by atoms with Gasteiger partial charge in [0.15, 0.2) is 0 Å². The fourth-order valence-electron chi connectivity index (χ4n) is 2.91. The smallest absolute Gasteiger partial charge is 0.220 e. The molecule has 1 aliphatic heterocycles. The average Bonchev–Trinajstić information content (AvgIpc) is 2.80. The molecule has 108 valence electrons. The number of amides is 1. The lowest BCUT2D eigenvalue weighted by atomic mass is 9.88. The quantitative estimate of drug-likeness (QED) is 0.920. The van der Waals surface area contributed by atoms with E-state index in [0.29, 0.717) is 11.4 Å². The van der Waals surface area contributed by atoms with Crippen molar-refractivity contribution in [2.75, 3.05) is 0 Å². The average molecular weight is 304 g/mol. The fourth-order valence-corrected chi connectivity index (χ4v) is 3.14. The summed E-state index contributed by atoms with van der Waals surface area (Å²) in [5.41, 5.74) is 1.93. The van der Waals surface area contributed by atoms with Gasteiger partial charge in [0.05, 0.1) is 0 Å². The molecule has 1 fully saturated rings. The number of halogens is 2. The number of carbonyl (C=O) groups is 1. The largest absolute Gasteiger partial charge is 0.352 e. The molecule has 1 saturated heterocycles. The minimum absolute atomic E-state index is 0.00122. The van der Waals surface area contributed by atoms with Crippen molar-refractivity contribution >= 4 is 17.5 Å². The summed E-state index contributed by atoms with van der Waals surface area (Å²) in [6, 6.07) is 14.4. The van der Waals surface area contributed by atoms with Gasteiger partial charge in [0.2, 0.25) is 5.91 Å². The second kappa shape index (κ2) is 5.86. The van der Waals surface area contributed by atoms with E-state index in [1.807, 2.05) is 30.3 Å². The molecule has 2 unspecified atom stereocenters. The summed E-state index contributed by atoms with van der Waals surface area (Å²) in [6.45, 7) is 0. The second-order valence-electron chi connectivity index (χ2n) is 5.38. The maximum Gasteiger partial charge on any atom is 0.220 e. The van der Waals surface area contributed by atoms with Crippen molar-refractivity contribution in [1.29, 1.82) is 0 Å². The Morgan fingerprint density at radius 2 is 1.95 bits per heavy atom. The molecule has 21 heavy (non-hydrogen) atoms. The lowest BCUT2D eigenvalue weighted by molar-refractivity contribution is -0.119. The maximum absolute atomic E-state index is 13.5. The third kappa shape index (κ3) is 3.24. The van der Waals surface area contributed by atoms with Crippen molar-refractivity contribution in [3.8, 4) is 0 Å². The molecule has 2 nitrogen and oxygen atoms in total. The molecule has 0 aliphatic carbocycles. The predicted octanol–water partition coefficient (Wildman–Crippen LogP) is 3.69. The van der Waals surface area contributed by atoms with Crippen LogP contribution in [-0.4, -0.2) is 11.9 Å². The monoisotopic (exact) mass is 303 g/mol. The first-order chi connectivity index (χ1) is 10.1. The fraction of sp³-hybridized carbons (Fsp3) is 0.235. The van der Waals surface area contributed by atoms with E-state index in [-0.39, 0.29) is 23.7 Å². The minimum Gasteiger partial charge on any atom is -0.352 e. The summed E-state index contributed by atoms with van der Waals surface area (Å²) in [4.78, 5) is 11.8. The highest BCUT2D eigenvalue weighted by atomic mass is 35.5. The summed E-state index contributed by atoms with van der Waals surface area (Å²) >= 11 is 5.93. The van der Waals surface area contributed by atoms with Crippen LogP contribution in [-0.2, 0) is 11.2 Å².